The van der Waals surface area contributed by atoms with E-state index < -0.39 is 0 Å². The van der Waals surface area contributed by atoms with Crippen LogP contribution in [0.25, 0.3) is 0 Å². The first-order chi connectivity index (χ1) is 8.11. The van der Waals surface area contributed by atoms with E-state index in [0.29, 0.717) is 31.9 Å². The second kappa shape index (κ2) is 6.58. The first kappa shape index (κ1) is 14.0. The summed E-state index contributed by atoms with van der Waals surface area (Å²) in [5, 5.41) is 4.20. The maximum atomic E-state index is 11.9. The molecule has 1 aromatic rings. The number of rotatable bonds is 6. The Bertz CT molecular complexity index is 421. The minimum atomic E-state index is -0.315. The third-order valence-electron chi connectivity index (χ3n) is 2.35. The van der Waals surface area contributed by atoms with Crippen LogP contribution in [0.1, 0.15) is 0 Å². The number of nitrogens with two attached hydrogens (primary N) is 1. The van der Waals surface area contributed by atoms with Crippen LogP contribution in [-0.4, -0.2) is 43.6 Å². The van der Waals surface area contributed by atoms with Crippen molar-refractivity contribution in [1.29, 1.82) is 0 Å². The number of nitrogens with zero attached hydrogens (tertiary/aromatic N) is 3. The molecule has 96 valence electrons. The van der Waals surface area contributed by atoms with Crippen LogP contribution in [0.15, 0.2) is 11.0 Å². The first-order valence-corrected chi connectivity index (χ1v) is 5.65. The molecule has 0 aliphatic carbocycles. The number of likely N-dealkylation sites (N-methyl/N-ethyl adjacent to an activating group) is 1. The van der Waals surface area contributed by atoms with Crippen molar-refractivity contribution in [2.24, 2.45) is 5.73 Å². The zero-order valence-corrected chi connectivity index (χ0v) is 10.8. The summed E-state index contributed by atoms with van der Waals surface area (Å²) in [5.74, 6) is 0. The zero-order chi connectivity index (χ0) is 12.8. The number of halogens is 1. The Morgan fingerprint density at radius 1 is 1.65 bits per heavy atom. The van der Waals surface area contributed by atoms with Gasteiger partial charge in [0.15, 0.2) is 0 Å². The lowest BCUT2D eigenvalue weighted by atomic mass is 10.4. The number of methoxy groups -OCH3 is 1. The van der Waals surface area contributed by atoms with Crippen LogP contribution in [0.5, 0.6) is 0 Å². The molecular weight excluding hydrogens is 244 g/mol. The van der Waals surface area contributed by atoms with Gasteiger partial charge < -0.3 is 15.4 Å². The SMILES string of the molecule is COCCn1ncc(N(C)CCN)c(Cl)c1=O. The summed E-state index contributed by atoms with van der Waals surface area (Å²) in [6.45, 7) is 1.90. The number of aromatic nitrogens is 2. The summed E-state index contributed by atoms with van der Waals surface area (Å²) in [6, 6.07) is 0. The van der Waals surface area contributed by atoms with Crippen LogP contribution in [0.3, 0.4) is 0 Å². The summed E-state index contributed by atoms with van der Waals surface area (Å²) in [5.41, 5.74) is 5.72. The minimum Gasteiger partial charge on any atom is -0.383 e. The highest BCUT2D eigenvalue weighted by molar-refractivity contribution is 6.33. The Morgan fingerprint density at radius 3 is 2.94 bits per heavy atom. The van der Waals surface area contributed by atoms with Crippen molar-refractivity contribution in [3.63, 3.8) is 0 Å². The molecule has 1 aromatic heterocycles. The van der Waals surface area contributed by atoms with E-state index in [9.17, 15) is 4.79 Å². The van der Waals surface area contributed by atoms with Crippen molar-refractivity contribution in [2.75, 3.05) is 38.8 Å². The molecule has 0 aromatic carbocycles. The fraction of sp³-hybridized carbons (Fsp3) is 0.600. The van der Waals surface area contributed by atoms with Crippen molar-refractivity contribution in [2.45, 2.75) is 6.54 Å². The summed E-state index contributed by atoms with van der Waals surface area (Å²) < 4.78 is 6.17. The largest absolute Gasteiger partial charge is 0.383 e. The van der Waals surface area contributed by atoms with Gasteiger partial charge in [0.2, 0.25) is 0 Å². The molecule has 0 unspecified atom stereocenters. The molecule has 1 heterocycles. The van der Waals surface area contributed by atoms with Crippen molar-refractivity contribution >= 4 is 17.3 Å². The van der Waals surface area contributed by atoms with Gasteiger partial charge in [0.25, 0.3) is 5.56 Å². The van der Waals surface area contributed by atoms with Gasteiger partial charge in [-0.2, -0.15) is 5.10 Å². The lowest BCUT2D eigenvalue weighted by Gasteiger charge is -2.19. The second-order valence-electron chi connectivity index (χ2n) is 3.58. The lowest BCUT2D eigenvalue weighted by molar-refractivity contribution is 0.182. The van der Waals surface area contributed by atoms with Gasteiger partial charge in [0.05, 0.1) is 25.0 Å². The first-order valence-electron chi connectivity index (χ1n) is 5.27. The molecule has 0 atom stereocenters. The molecule has 17 heavy (non-hydrogen) atoms. The van der Waals surface area contributed by atoms with Crippen molar-refractivity contribution < 1.29 is 4.74 Å². The third-order valence-corrected chi connectivity index (χ3v) is 2.70. The molecule has 7 heteroatoms. The molecule has 2 N–H and O–H groups in total. The number of hydrogen-bond acceptors (Lipinski definition) is 5. The minimum absolute atomic E-state index is 0.159. The Morgan fingerprint density at radius 2 is 2.35 bits per heavy atom. The molecule has 0 aliphatic rings. The van der Waals surface area contributed by atoms with E-state index in [1.54, 1.807) is 18.2 Å². The van der Waals surface area contributed by atoms with Crippen LogP contribution >= 0.6 is 11.6 Å². The number of anilines is 1. The van der Waals surface area contributed by atoms with Gasteiger partial charge in [-0.15, -0.1) is 0 Å². The summed E-state index contributed by atoms with van der Waals surface area (Å²) in [4.78, 5) is 13.7. The standard InChI is InChI=1S/C10H17ClN4O2/c1-14(4-3-12)8-7-13-15(5-6-17-2)10(16)9(8)11/h7H,3-6,12H2,1-2H3. The second-order valence-corrected chi connectivity index (χ2v) is 3.95. The Kier molecular flexibility index (Phi) is 5.40. The molecule has 0 saturated heterocycles. The molecular formula is C10H17ClN4O2. The molecule has 0 aliphatic heterocycles. The van der Waals surface area contributed by atoms with Crippen LogP contribution in [0.2, 0.25) is 5.02 Å². The molecule has 0 amide bonds. The van der Waals surface area contributed by atoms with Crippen LogP contribution in [0.4, 0.5) is 5.69 Å². The monoisotopic (exact) mass is 260 g/mol. The highest BCUT2D eigenvalue weighted by Gasteiger charge is 2.12. The van der Waals surface area contributed by atoms with Crippen molar-refractivity contribution in [3.05, 3.63) is 21.6 Å². The zero-order valence-electron chi connectivity index (χ0n) is 10.0. The predicted molar refractivity (Wildman–Crippen MR) is 67.7 cm³/mol. The van der Waals surface area contributed by atoms with Crippen molar-refractivity contribution in [1.82, 2.24) is 9.78 Å². The number of hydrogen-bond donors (Lipinski definition) is 1. The summed E-state index contributed by atoms with van der Waals surface area (Å²) in [7, 11) is 3.38. The summed E-state index contributed by atoms with van der Waals surface area (Å²) >= 11 is 6.01. The quantitative estimate of drug-likeness (QED) is 0.776. The highest BCUT2D eigenvalue weighted by atomic mass is 35.5. The maximum absolute atomic E-state index is 11.9. The van der Waals surface area contributed by atoms with Gasteiger partial charge in [0, 0.05) is 27.2 Å². The average Bonchev–Trinajstić information content (AvgIpc) is 2.31. The van der Waals surface area contributed by atoms with Gasteiger partial charge in [-0.1, -0.05) is 11.6 Å². The molecule has 0 saturated carbocycles. The fourth-order valence-corrected chi connectivity index (χ4v) is 1.66. The molecule has 0 radical (unpaired) electrons. The van der Waals surface area contributed by atoms with E-state index >= 15 is 0 Å². The third kappa shape index (κ3) is 3.42. The van der Waals surface area contributed by atoms with Gasteiger partial charge in [0.1, 0.15) is 5.02 Å². The van der Waals surface area contributed by atoms with Crippen LogP contribution < -0.4 is 16.2 Å². The highest BCUT2D eigenvalue weighted by Crippen LogP contribution is 2.18. The van der Waals surface area contributed by atoms with Gasteiger partial charge in [-0.3, -0.25) is 4.79 Å². The normalized spacial score (nSPS) is 10.6. The molecule has 0 bridgehead atoms. The maximum Gasteiger partial charge on any atom is 0.287 e. The average molecular weight is 261 g/mol. The van der Waals surface area contributed by atoms with Gasteiger partial charge in [-0.05, 0) is 0 Å². The van der Waals surface area contributed by atoms with E-state index in [4.69, 9.17) is 22.1 Å². The topological polar surface area (TPSA) is 73.4 Å². The van der Waals surface area contributed by atoms with E-state index in [1.165, 1.54) is 4.68 Å². The Labute approximate surface area is 105 Å². The van der Waals surface area contributed by atoms with Gasteiger partial charge in [-0.25, -0.2) is 4.68 Å². The molecule has 0 fully saturated rings. The van der Waals surface area contributed by atoms with E-state index in [2.05, 4.69) is 5.10 Å². The van der Waals surface area contributed by atoms with E-state index in [-0.39, 0.29) is 10.6 Å². The van der Waals surface area contributed by atoms with Crippen LogP contribution in [0, 0.1) is 0 Å². The van der Waals surface area contributed by atoms with Gasteiger partial charge >= 0.3 is 0 Å². The Hall–Kier alpha value is -1.11. The lowest BCUT2D eigenvalue weighted by Crippen LogP contribution is -2.30. The molecule has 1 rings (SSSR count). The van der Waals surface area contributed by atoms with E-state index in [1.807, 2.05) is 7.05 Å². The van der Waals surface area contributed by atoms with Crippen molar-refractivity contribution in [3.8, 4) is 0 Å². The predicted octanol–water partition coefficient (Wildman–Crippen LogP) is -0.0620. The fourth-order valence-electron chi connectivity index (χ4n) is 1.37. The number of ether oxygens (including phenoxy) is 1. The van der Waals surface area contributed by atoms with E-state index in [0.717, 1.165) is 0 Å². The molecule has 6 nitrogen and oxygen atoms in total. The Balaban J connectivity index is 2.98. The molecule has 0 spiro atoms. The van der Waals surface area contributed by atoms with Crippen LogP contribution in [-0.2, 0) is 11.3 Å². The smallest absolute Gasteiger partial charge is 0.287 e. The summed E-state index contributed by atoms with van der Waals surface area (Å²) in [6.07, 6.45) is 1.56.